The van der Waals surface area contributed by atoms with Crippen LogP contribution >= 0.6 is 11.6 Å². The van der Waals surface area contributed by atoms with E-state index in [0.29, 0.717) is 46.7 Å². The number of ether oxygens (including phenoxy) is 1. The molecule has 0 saturated carbocycles. The van der Waals surface area contributed by atoms with Crippen LogP contribution in [0.4, 0.5) is 16.0 Å². The van der Waals surface area contributed by atoms with E-state index in [0.717, 1.165) is 11.6 Å². The summed E-state index contributed by atoms with van der Waals surface area (Å²) in [4.78, 5) is 25.4. The second-order valence-electron chi connectivity index (χ2n) is 8.02. The lowest BCUT2D eigenvalue weighted by Crippen LogP contribution is -2.20. The number of pyridine rings is 1. The topological polar surface area (TPSA) is 111 Å². The third-order valence-electron chi connectivity index (χ3n) is 5.60. The van der Waals surface area contributed by atoms with Gasteiger partial charge in [0.15, 0.2) is 22.7 Å². The Bertz CT molecular complexity index is 1690. The molecule has 0 spiro atoms. The van der Waals surface area contributed by atoms with Crippen molar-refractivity contribution >= 4 is 34.4 Å². The smallest absolute Gasteiger partial charge is 0.300 e. The van der Waals surface area contributed by atoms with Gasteiger partial charge in [0.05, 0.1) is 19.1 Å². The Morgan fingerprint density at radius 3 is 2.54 bits per heavy atom. The Morgan fingerprint density at radius 1 is 1.11 bits per heavy atom. The number of aromatic nitrogens is 5. The molecule has 0 atom stereocenters. The van der Waals surface area contributed by atoms with Crippen LogP contribution in [0.1, 0.15) is 18.2 Å². The number of aryl methyl sites for hydroxylation is 1. The molecule has 0 radical (unpaired) electrons. The minimum absolute atomic E-state index is 0.160. The van der Waals surface area contributed by atoms with Gasteiger partial charge < -0.3 is 14.6 Å². The molecule has 37 heavy (non-hydrogen) atoms. The summed E-state index contributed by atoms with van der Waals surface area (Å²) in [5.41, 5.74) is 1.84. The highest BCUT2D eigenvalue weighted by molar-refractivity contribution is 6.30. The van der Waals surface area contributed by atoms with Crippen molar-refractivity contribution in [3.63, 3.8) is 0 Å². The zero-order valence-corrected chi connectivity index (χ0v) is 20.3. The maximum atomic E-state index is 13.8. The van der Waals surface area contributed by atoms with Crippen LogP contribution < -0.4 is 15.6 Å². The number of benzene rings is 2. The average molecular weight is 516 g/mol. The molecule has 0 amide bonds. The predicted molar refractivity (Wildman–Crippen MR) is 137 cm³/mol. The van der Waals surface area contributed by atoms with Crippen LogP contribution in [-0.2, 0) is 13.1 Å². The quantitative estimate of drug-likeness (QED) is 0.315. The van der Waals surface area contributed by atoms with Crippen molar-refractivity contribution in [2.75, 3.05) is 5.32 Å². The molecule has 0 saturated heterocycles. The number of nitrogens with zero attached hydrogens (tertiary/aromatic N) is 6. The lowest BCUT2D eigenvalue weighted by Gasteiger charge is -2.16. The summed E-state index contributed by atoms with van der Waals surface area (Å²) < 4.78 is 23.1. The number of halogens is 2. The maximum absolute atomic E-state index is 13.8. The van der Waals surface area contributed by atoms with Gasteiger partial charge in [0.2, 0.25) is 5.95 Å². The summed E-state index contributed by atoms with van der Waals surface area (Å²) in [5, 5.41) is 12.6. The highest BCUT2D eigenvalue weighted by atomic mass is 35.5. The number of rotatable bonds is 7. The second kappa shape index (κ2) is 10.1. The van der Waals surface area contributed by atoms with E-state index in [1.54, 1.807) is 53.4 Å². The van der Waals surface area contributed by atoms with Gasteiger partial charge in [-0.25, -0.2) is 14.4 Å². The Kier molecular flexibility index (Phi) is 6.53. The number of fused-ring (bicyclic) bond motifs is 1. The third kappa shape index (κ3) is 4.98. The van der Waals surface area contributed by atoms with E-state index in [1.807, 2.05) is 23.6 Å². The molecule has 3 heterocycles. The monoisotopic (exact) mass is 515 g/mol. The van der Waals surface area contributed by atoms with Crippen LogP contribution in [0.2, 0.25) is 5.02 Å². The van der Waals surface area contributed by atoms with Crippen molar-refractivity contribution in [1.29, 1.82) is 5.26 Å². The van der Waals surface area contributed by atoms with E-state index in [9.17, 15) is 9.18 Å². The van der Waals surface area contributed by atoms with Gasteiger partial charge in [-0.15, -0.1) is 0 Å². The fourth-order valence-electron chi connectivity index (χ4n) is 3.78. The van der Waals surface area contributed by atoms with Gasteiger partial charge in [0, 0.05) is 23.3 Å². The molecule has 0 bridgehead atoms. The van der Waals surface area contributed by atoms with Crippen molar-refractivity contribution < 1.29 is 9.13 Å². The fourth-order valence-corrected chi connectivity index (χ4v) is 3.91. The van der Waals surface area contributed by atoms with Crippen LogP contribution in [0, 0.1) is 17.1 Å². The fraction of sp³-hybridized carbons (Fsp3) is 0.115. The molecular weight excluding hydrogens is 497 g/mol. The first kappa shape index (κ1) is 24.0. The predicted octanol–water partition coefficient (Wildman–Crippen LogP) is 5.26. The Morgan fingerprint density at radius 2 is 1.86 bits per heavy atom. The Balaban J connectivity index is 1.45. The lowest BCUT2D eigenvalue weighted by atomic mass is 10.2. The molecular formula is C26H19ClFN7O2. The number of imidazole rings is 1. The summed E-state index contributed by atoms with van der Waals surface area (Å²) >= 11 is 6.04. The van der Waals surface area contributed by atoms with Crippen LogP contribution in [-0.4, -0.2) is 24.1 Å². The maximum Gasteiger partial charge on any atom is 0.300 e. The summed E-state index contributed by atoms with van der Waals surface area (Å²) in [7, 11) is 0. The molecule has 11 heteroatoms. The number of hydrogen-bond donors (Lipinski definition) is 1. The summed E-state index contributed by atoms with van der Waals surface area (Å²) in [6, 6.07) is 17.0. The number of hydrogen-bond acceptors (Lipinski definition) is 7. The minimum Gasteiger partial charge on any atom is -0.456 e. The van der Waals surface area contributed by atoms with Gasteiger partial charge in [-0.2, -0.15) is 10.2 Å². The first-order valence-corrected chi connectivity index (χ1v) is 11.6. The van der Waals surface area contributed by atoms with Gasteiger partial charge in [0.1, 0.15) is 17.6 Å². The second-order valence-corrected chi connectivity index (χ2v) is 8.46. The molecule has 5 rings (SSSR count). The molecule has 0 aliphatic carbocycles. The molecule has 0 fully saturated rings. The number of nitrogens with one attached hydrogen (secondary N) is 1. The van der Waals surface area contributed by atoms with Crippen LogP contribution in [0.5, 0.6) is 11.5 Å². The highest BCUT2D eigenvalue weighted by Crippen LogP contribution is 2.26. The molecule has 1 N–H and O–H groups in total. The van der Waals surface area contributed by atoms with Crippen molar-refractivity contribution in [2.24, 2.45) is 0 Å². The van der Waals surface area contributed by atoms with Gasteiger partial charge in [-0.1, -0.05) is 23.7 Å². The van der Waals surface area contributed by atoms with Gasteiger partial charge in [-0.05, 0) is 48.9 Å². The third-order valence-corrected chi connectivity index (χ3v) is 5.85. The molecule has 0 aliphatic heterocycles. The molecule has 2 aromatic carbocycles. The van der Waals surface area contributed by atoms with E-state index in [2.05, 4.69) is 20.3 Å². The average Bonchev–Trinajstić information content (AvgIpc) is 3.34. The van der Waals surface area contributed by atoms with E-state index in [-0.39, 0.29) is 17.0 Å². The van der Waals surface area contributed by atoms with E-state index >= 15 is 0 Å². The van der Waals surface area contributed by atoms with Gasteiger partial charge in [0.25, 0.3) is 0 Å². The molecule has 5 aromatic rings. The lowest BCUT2D eigenvalue weighted by molar-refractivity contribution is 0.473. The number of nitriles is 1. The zero-order valence-electron chi connectivity index (χ0n) is 19.5. The van der Waals surface area contributed by atoms with Crippen LogP contribution in [0.3, 0.4) is 0 Å². The van der Waals surface area contributed by atoms with Gasteiger partial charge >= 0.3 is 5.56 Å². The summed E-state index contributed by atoms with van der Waals surface area (Å²) in [5.74, 6) is 0.150. The van der Waals surface area contributed by atoms with Crippen molar-refractivity contribution in [2.45, 2.75) is 20.0 Å². The normalized spacial score (nSPS) is 10.9. The van der Waals surface area contributed by atoms with Crippen molar-refractivity contribution in [1.82, 2.24) is 24.1 Å². The first-order valence-electron chi connectivity index (χ1n) is 11.3. The van der Waals surface area contributed by atoms with Gasteiger partial charge in [-0.3, -0.25) is 9.36 Å². The minimum atomic E-state index is -0.760. The highest BCUT2D eigenvalue weighted by Gasteiger charge is 2.16. The van der Waals surface area contributed by atoms with Crippen molar-refractivity contribution in [3.8, 4) is 17.6 Å². The standard InChI is InChI=1S/C26H19ClFN7O2/c1-2-34-15-31-24-23(34)25(36)33-26(35(24)14-16-3-5-17(27)6-4-16)32-18-7-9-19(10-8-18)37-20-11-21(28)22(12-29)30-13-20/h3-11,13,15H,2,14H2,1H3,(H,32,33,36). The summed E-state index contributed by atoms with van der Waals surface area (Å²) in [6.45, 7) is 2.92. The van der Waals surface area contributed by atoms with E-state index < -0.39 is 5.82 Å². The largest absolute Gasteiger partial charge is 0.456 e. The zero-order chi connectivity index (χ0) is 25.9. The van der Waals surface area contributed by atoms with Crippen LogP contribution in [0.15, 0.2) is 71.9 Å². The van der Waals surface area contributed by atoms with E-state index in [1.165, 1.54) is 6.20 Å². The molecule has 3 aromatic heterocycles. The van der Waals surface area contributed by atoms with Crippen molar-refractivity contribution in [3.05, 3.63) is 99.6 Å². The van der Waals surface area contributed by atoms with Crippen LogP contribution in [0.25, 0.3) is 11.2 Å². The molecule has 9 nitrogen and oxygen atoms in total. The first-order chi connectivity index (χ1) is 17.9. The van der Waals surface area contributed by atoms with E-state index in [4.69, 9.17) is 21.6 Å². The molecule has 184 valence electrons. The Labute approximate surface area is 215 Å². The molecule has 0 unspecified atom stereocenters. The number of anilines is 2. The molecule has 0 aliphatic rings. The SMILES string of the molecule is CCn1cnc2c1c(=O)nc(Nc1ccc(Oc3cnc(C#N)c(F)c3)cc1)n2Cc1ccc(Cl)cc1. The summed E-state index contributed by atoms with van der Waals surface area (Å²) in [6.07, 6.45) is 2.90. The Hall–Kier alpha value is -4.75.